The van der Waals surface area contributed by atoms with Crippen molar-refractivity contribution in [3.63, 3.8) is 0 Å². The summed E-state index contributed by atoms with van der Waals surface area (Å²) in [5.74, 6) is -0.0673. The number of amides is 1. The molecule has 162 valence electrons. The van der Waals surface area contributed by atoms with Gasteiger partial charge in [-0.1, -0.05) is 48.5 Å². The Labute approximate surface area is 191 Å². The van der Waals surface area contributed by atoms with Gasteiger partial charge in [0, 0.05) is 36.8 Å². The number of thiazole rings is 1. The van der Waals surface area contributed by atoms with E-state index in [4.69, 9.17) is 4.74 Å². The van der Waals surface area contributed by atoms with Crippen LogP contribution in [-0.2, 0) is 11.3 Å². The molecule has 2 aromatic heterocycles. The van der Waals surface area contributed by atoms with Gasteiger partial charge >= 0.3 is 0 Å². The minimum Gasteiger partial charge on any atom is -0.376 e. The molecule has 1 amide bonds. The predicted molar refractivity (Wildman–Crippen MR) is 125 cm³/mol. The van der Waals surface area contributed by atoms with E-state index in [1.165, 1.54) is 11.3 Å². The first kappa shape index (κ1) is 20.6. The first-order valence-corrected chi connectivity index (χ1v) is 11.6. The summed E-state index contributed by atoms with van der Waals surface area (Å²) >= 11 is 1.46. The SMILES string of the molecule is O=C(c1csc(-c2cnn(-c3ccccc3)c2)n1)N(Cc1ccccc1)CC1CCCO1. The molecule has 1 atom stereocenters. The van der Waals surface area contributed by atoms with Gasteiger partial charge in [-0.3, -0.25) is 4.79 Å². The Hall–Kier alpha value is -3.29. The van der Waals surface area contributed by atoms with Gasteiger partial charge in [0.2, 0.25) is 0 Å². The molecule has 0 bridgehead atoms. The highest BCUT2D eigenvalue weighted by molar-refractivity contribution is 7.13. The van der Waals surface area contributed by atoms with Crippen molar-refractivity contribution >= 4 is 17.2 Å². The van der Waals surface area contributed by atoms with Crippen LogP contribution in [0.25, 0.3) is 16.3 Å². The highest BCUT2D eigenvalue weighted by Crippen LogP contribution is 2.26. The molecule has 0 N–H and O–H groups in total. The van der Waals surface area contributed by atoms with Crippen LogP contribution in [0, 0.1) is 0 Å². The number of nitrogens with zero attached hydrogens (tertiary/aromatic N) is 4. The van der Waals surface area contributed by atoms with Crippen LogP contribution in [0.15, 0.2) is 78.4 Å². The Bertz CT molecular complexity index is 1170. The van der Waals surface area contributed by atoms with E-state index in [9.17, 15) is 4.79 Å². The number of rotatable bonds is 7. The van der Waals surface area contributed by atoms with Crippen LogP contribution in [0.3, 0.4) is 0 Å². The minimum atomic E-state index is -0.0673. The van der Waals surface area contributed by atoms with E-state index in [0.29, 0.717) is 18.8 Å². The summed E-state index contributed by atoms with van der Waals surface area (Å²) in [6, 6.07) is 20.0. The number of aromatic nitrogens is 3. The zero-order chi connectivity index (χ0) is 21.8. The molecule has 1 aliphatic heterocycles. The van der Waals surface area contributed by atoms with Crippen molar-refractivity contribution in [2.75, 3.05) is 13.2 Å². The van der Waals surface area contributed by atoms with Crippen molar-refractivity contribution in [1.29, 1.82) is 0 Å². The van der Waals surface area contributed by atoms with E-state index < -0.39 is 0 Å². The maximum atomic E-state index is 13.4. The topological polar surface area (TPSA) is 60.2 Å². The summed E-state index contributed by atoms with van der Waals surface area (Å²) in [5.41, 5.74) is 3.44. The van der Waals surface area contributed by atoms with Crippen LogP contribution in [-0.4, -0.2) is 44.8 Å². The normalized spacial score (nSPS) is 15.7. The second-order valence-electron chi connectivity index (χ2n) is 7.85. The number of hydrogen-bond donors (Lipinski definition) is 0. The fourth-order valence-corrected chi connectivity index (χ4v) is 4.65. The Morgan fingerprint density at radius 1 is 1.12 bits per heavy atom. The third kappa shape index (κ3) is 4.64. The molecular formula is C25H24N4O2S. The Morgan fingerprint density at radius 3 is 2.66 bits per heavy atom. The summed E-state index contributed by atoms with van der Waals surface area (Å²) in [6.45, 7) is 1.88. The van der Waals surface area contributed by atoms with Gasteiger partial charge in [0.25, 0.3) is 5.91 Å². The molecule has 6 nitrogen and oxygen atoms in total. The van der Waals surface area contributed by atoms with Crippen LogP contribution >= 0.6 is 11.3 Å². The lowest BCUT2D eigenvalue weighted by atomic mass is 10.1. The fraction of sp³-hybridized carbons (Fsp3) is 0.240. The van der Waals surface area contributed by atoms with Crippen LogP contribution in [0.4, 0.5) is 0 Å². The van der Waals surface area contributed by atoms with E-state index in [1.807, 2.05) is 81.8 Å². The largest absolute Gasteiger partial charge is 0.376 e. The molecule has 0 spiro atoms. The molecule has 0 saturated carbocycles. The lowest BCUT2D eigenvalue weighted by Gasteiger charge is -2.25. The Balaban J connectivity index is 1.36. The van der Waals surface area contributed by atoms with Crippen LogP contribution < -0.4 is 0 Å². The summed E-state index contributed by atoms with van der Waals surface area (Å²) in [7, 11) is 0. The number of para-hydroxylation sites is 1. The molecule has 0 radical (unpaired) electrons. The molecule has 2 aromatic carbocycles. The van der Waals surface area contributed by atoms with E-state index in [0.717, 1.165) is 41.3 Å². The highest BCUT2D eigenvalue weighted by atomic mass is 32.1. The molecule has 1 unspecified atom stereocenters. The van der Waals surface area contributed by atoms with Crippen LogP contribution in [0.5, 0.6) is 0 Å². The summed E-state index contributed by atoms with van der Waals surface area (Å²) in [4.78, 5) is 19.9. The van der Waals surface area contributed by atoms with Gasteiger partial charge in [-0.2, -0.15) is 5.10 Å². The maximum Gasteiger partial charge on any atom is 0.273 e. The Morgan fingerprint density at radius 2 is 1.91 bits per heavy atom. The number of hydrogen-bond acceptors (Lipinski definition) is 5. The number of benzene rings is 2. The minimum absolute atomic E-state index is 0.0673. The van der Waals surface area contributed by atoms with Gasteiger partial charge < -0.3 is 9.64 Å². The second kappa shape index (κ2) is 9.46. The standard InChI is InChI=1S/C25H24N4O2S/c30-25(28(17-22-12-7-13-31-22)15-19-8-3-1-4-9-19)23-18-32-24(27-23)20-14-26-29(16-20)21-10-5-2-6-11-21/h1-6,8-11,14,16,18,22H,7,12-13,15,17H2. The van der Waals surface area contributed by atoms with E-state index in [-0.39, 0.29) is 12.0 Å². The quantitative estimate of drug-likeness (QED) is 0.410. The maximum absolute atomic E-state index is 13.4. The first-order chi connectivity index (χ1) is 15.8. The number of carbonyl (C=O) groups excluding carboxylic acids is 1. The lowest BCUT2D eigenvalue weighted by molar-refractivity contribution is 0.0503. The average molecular weight is 445 g/mol. The van der Waals surface area contributed by atoms with Crippen molar-refractivity contribution in [1.82, 2.24) is 19.7 Å². The third-order valence-corrected chi connectivity index (χ3v) is 6.42. The van der Waals surface area contributed by atoms with E-state index in [1.54, 1.807) is 6.20 Å². The predicted octanol–water partition coefficient (Wildman–Crippen LogP) is 4.82. The molecular weight excluding hydrogens is 420 g/mol. The first-order valence-electron chi connectivity index (χ1n) is 10.8. The van der Waals surface area contributed by atoms with Crippen LogP contribution in [0.2, 0.25) is 0 Å². The average Bonchev–Trinajstić information content (AvgIpc) is 3.61. The van der Waals surface area contributed by atoms with Crippen LogP contribution in [0.1, 0.15) is 28.9 Å². The van der Waals surface area contributed by atoms with Crippen molar-refractivity contribution in [3.05, 3.63) is 89.7 Å². The molecule has 1 fully saturated rings. The van der Waals surface area contributed by atoms with Crippen molar-refractivity contribution in [2.24, 2.45) is 0 Å². The molecule has 5 rings (SSSR count). The zero-order valence-electron chi connectivity index (χ0n) is 17.6. The van der Waals surface area contributed by atoms with Crippen molar-refractivity contribution in [2.45, 2.75) is 25.5 Å². The van der Waals surface area contributed by atoms with Gasteiger partial charge in [0.05, 0.1) is 18.0 Å². The molecule has 1 aliphatic rings. The van der Waals surface area contributed by atoms with Gasteiger partial charge in [0.15, 0.2) is 0 Å². The molecule has 3 heterocycles. The van der Waals surface area contributed by atoms with E-state index >= 15 is 0 Å². The third-order valence-electron chi connectivity index (χ3n) is 5.53. The summed E-state index contributed by atoms with van der Waals surface area (Å²) in [5, 5.41) is 7.07. The van der Waals surface area contributed by atoms with Crippen molar-refractivity contribution in [3.8, 4) is 16.3 Å². The second-order valence-corrected chi connectivity index (χ2v) is 8.71. The van der Waals surface area contributed by atoms with Gasteiger partial charge in [-0.25, -0.2) is 9.67 Å². The molecule has 4 aromatic rings. The summed E-state index contributed by atoms with van der Waals surface area (Å²) < 4.78 is 7.62. The molecule has 0 aliphatic carbocycles. The van der Waals surface area contributed by atoms with Gasteiger partial charge in [0.1, 0.15) is 10.7 Å². The molecule has 32 heavy (non-hydrogen) atoms. The summed E-state index contributed by atoms with van der Waals surface area (Å²) in [6.07, 6.45) is 5.85. The monoisotopic (exact) mass is 444 g/mol. The zero-order valence-corrected chi connectivity index (χ0v) is 18.4. The lowest BCUT2D eigenvalue weighted by Crippen LogP contribution is -2.37. The van der Waals surface area contributed by atoms with Crippen molar-refractivity contribution < 1.29 is 9.53 Å². The molecule has 1 saturated heterocycles. The van der Waals surface area contributed by atoms with Gasteiger partial charge in [-0.15, -0.1) is 11.3 Å². The molecule has 7 heteroatoms. The van der Waals surface area contributed by atoms with E-state index in [2.05, 4.69) is 10.1 Å². The fourth-order valence-electron chi connectivity index (χ4n) is 3.88. The highest BCUT2D eigenvalue weighted by Gasteiger charge is 2.25. The van der Waals surface area contributed by atoms with Gasteiger partial charge in [-0.05, 0) is 30.5 Å². The number of carbonyl (C=O) groups is 1. The smallest absolute Gasteiger partial charge is 0.273 e. The Kier molecular flexibility index (Phi) is 6.09. The number of ether oxygens (including phenoxy) is 1.